The first-order chi connectivity index (χ1) is 6.37. The van der Waals surface area contributed by atoms with E-state index in [9.17, 15) is 18.0 Å². The number of nitrogens with zero attached hydrogens (tertiary/aromatic N) is 2. The lowest BCUT2D eigenvalue weighted by molar-refractivity contribution is -0.142. The van der Waals surface area contributed by atoms with Crippen LogP contribution in [0.4, 0.5) is 13.2 Å². The number of amides is 1. The Labute approximate surface area is 77.5 Å². The Bertz CT molecular complexity index is 331. The first kappa shape index (κ1) is 10.6. The van der Waals surface area contributed by atoms with Gasteiger partial charge in [0.1, 0.15) is 6.54 Å². The van der Waals surface area contributed by atoms with Gasteiger partial charge in [0.15, 0.2) is 0 Å². The lowest BCUT2D eigenvalue weighted by atomic mass is 10.3. The van der Waals surface area contributed by atoms with Crippen LogP contribution in [0.5, 0.6) is 0 Å². The van der Waals surface area contributed by atoms with Crippen LogP contribution in [0.3, 0.4) is 0 Å². The third-order valence-corrected chi connectivity index (χ3v) is 1.39. The summed E-state index contributed by atoms with van der Waals surface area (Å²) in [5.41, 5.74) is 5.09. The SMILES string of the molecule is NC(=O)Cc1ccn(CC(F)(F)F)n1. The van der Waals surface area contributed by atoms with E-state index in [2.05, 4.69) is 5.10 Å². The molecule has 4 nitrogen and oxygen atoms in total. The lowest BCUT2D eigenvalue weighted by Gasteiger charge is -2.05. The van der Waals surface area contributed by atoms with Gasteiger partial charge in [-0.3, -0.25) is 9.48 Å². The standard InChI is InChI=1S/C7H8F3N3O/c8-7(9,10)4-13-2-1-5(12-13)3-6(11)14/h1-2H,3-4H2,(H2,11,14). The quantitative estimate of drug-likeness (QED) is 0.783. The van der Waals surface area contributed by atoms with E-state index in [4.69, 9.17) is 5.73 Å². The monoisotopic (exact) mass is 207 g/mol. The largest absolute Gasteiger partial charge is 0.408 e. The zero-order chi connectivity index (χ0) is 10.8. The number of aromatic nitrogens is 2. The van der Waals surface area contributed by atoms with Gasteiger partial charge in [0.05, 0.1) is 12.1 Å². The minimum absolute atomic E-state index is 0.148. The number of rotatable bonds is 3. The second-order valence-electron chi connectivity index (χ2n) is 2.76. The third-order valence-electron chi connectivity index (χ3n) is 1.39. The number of carbonyl (C=O) groups is 1. The van der Waals surface area contributed by atoms with E-state index in [-0.39, 0.29) is 12.1 Å². The van der Waals surface area contributed by atoms with Crippen LogP contribution in [-0.2, 0) is 17.8 Å². The van der Waals surface area contributed by atoms with Crippen LogP contribution >= 0.6 is 0 Å². The second-order valence-corrected chi connectivity index (χ2v) is 2.76. The first-order valence-corrected chi connectivity index (χ1v) is 3.74. The van der Waals surface area contributed by atoms with Gasteiger partial charge in [-0.05, 0) is 6.07 Å². The van der Waals surface area contributed by atoms with E-state index in [1.807, 2.05) is 0 Å². The highest BCUT2D eigenvalue weighted by atomic mass is 19.4. The molecule has 0 atom stereocenters. The number of hydrogen-bond donors (Lipinski definition) is 1. The van der Waals surface area contributed by atoms with Crippen molar-refractivity contribution in [3.8, 4) is 0 Å². The highest BCUT2D eigenvalue weighted by Crippen LogP contribution is 2.16. The predicted octanol–water partition coefficient (Wildman–Crippen LogP) is 0.473. The summed E-state index contributed by atoms with van der Waals surface area (Å²) in [6.07, 6.45) is -3.30. The predicted molar refractivity (Wildman–Crippen MR) is 41.2 cm³/mol. The van der Waals surface area contributed by atoms with Crippen molar-refractivity contribution in [2.24, 2.45) is 5.73 Å². The average Bonchev–Trinajstić information content (AvgIpc) is 2.30. The molecule has 0 saturated heterocycles. The Balaban J connectivity index is 2.64. The van der Waals surface area contributed by atoms with Crippen molar-refractivity contribution in [2.45, 2.75) is 19.1 Å². The second kappa shape index (κ2) is 3.69. The molecule has 0 aromatic carbocycles. The number of alkyl halides is 3. The zero-order valence-electron chi connectivity index (χ0n) is 7.08. The average molecular weight is 207 g/mol. The van der Waals surface area contributed by atoms with Gasteiger partial charge < -0.3 is 5.73 Å². The molecular weight excluding hydrogens is 199 g/mol. The molecule has 14 heavy (non-hydrogen) atoms. The molecular formula is C7H8F3N3O. The van der Waals surface area contributed by atoms with Gasteiger partial charge in [-0.1, -0.05) is 0 Å². The smallest absolute Gasteiger partial charge is 0.369 e. The molecule has 2 N–H and O–H groups in total. The van der Waals surface area contributed by atoms with Gasteiger partial charge in [0.2, 0.25) is 5.91 Å². The summed E-state index contributed by atoms with van der Waals surface area (Å²) in [6, 6.07) is 1.33. The van der Waals surface area contributed by atoms with Gasteiger partial charge in [-0.15, -0.1) is 0 Å². The maximum Gasteiger partial charge on any atom is 0.408 e. The van der Waals surface area contributed by atoms with Crippen LogP contribution in [0.1, 0.15) is 5.69 Å². The molecule has 0 aliphatic heterocycles. The van der Waals surface area contributed by atoms with E-state index in [0.717, 1.165) is 10.9 Å². The molecule has 1 aromatic rings. The highest BCUT2D eigenvalue weighted by molar-refractivity contribution is 5.75. The summed E-state index contributed by atoms with van der Waals surface area (Å²) >= 11 is 0. The van der Waals surface area contributed by atoms with Gasteiger partial charge >= 0.3 is 6.18 Å². The number of halogens is 3. The molecule has 0 spiro atoms. The molecule has 0 aliphatic rings. The Hall–Kier alpha value is -1.53. The fourth-order valence-corrected chi connectivity index (χ4v) is 0.948. The van der Waals surface area contributed by atoms with Crippen LogP contribution in [-0.4, -0.2) is 21.9 Å². The van der Waals surface area contributed by atoms with Crippen molar-refractivity contribution in [3.63, 3.8) is 0 Å². The third kappa shape index (κ3) is 3.46. The van der Waals surface area contributed by atoms with Crippen molar-refractivity contribution in [3.05, 3.63) is 18.0 Å². The Morgan fingerprint density at radius 1 is 1.57 bits per heavy atom. The van der Waals surface area contributed by atoms with Crippen LogP contribution in [0.25, 0.3) is 0 Å². The molecule has 7 heteroatoms. The molecule has 0 bridgehead atoms. The van der Waals surface area contributed by atoms with Crippen LogP contribution in [0.2, 0.25) is 0 Å². The van der Waals surface area contributed by atoms with Gasteiger partial charge in [0, 0.05) is 6.20 Å². The lowest BCUT2D eigenvalue weighted by Crippen LogP contribution is -2.19. The summed E-state index contributed by atoms with van der Waals surface area (Å²) in [4.78, 5) is 10.4. The van der Waals surface area contributed by atoms with E-state index < -0.39 is 18.6 Å². The van der Waals surface area contributed by atoms with Crippen molar-refractivity contribution < 1.29 is 18.0 Å². The summed E-state index contributed by atoms with van der Waals surface area (Å²) < 4.78 is 36.3. The maximum absolute atomic E-state index is 11.9. The van der Waals surface area contributed by atoms with Crippen molar-refractivity contribution >= 4 is 5.91 Å². The fraction of sp³-hybridized carbons (Fsp3) is 0.429. The molecule has 0 aliphatic carbocycles. The van der Waals surface area contributed by atoms with Gasteiger partial charge in [0.25, 0.3) is 0 Å². The van der Waals surface area contributed by atoms with Crippen LogP contribution < -0.4 is 5.73 Å². The molecule has 0 saturated carbocycles. The molecule has 0 unspecified atom stereocenters. The minimum atomic E-state index is -4.31. The summed E-state index contributed by atoms with van der Waals surface area (Å²) in [7, 11) is 0. The molecule has 0 radical (unpaired) electrons. The summed E-state index contributed by atoms with van der Waals surface area (Å²) in [5, 5.41) is 3.53. The minimum Gasteiger partial charge on any atom is -0.369 e. The number of hydrogen-bond acceptors (Lipinski definition) is 2. The maximum atomic E-state index is 11.9. The van der Waals surface area contributed by atoms with E-state index in [0.29, 0.717) is 0 Å². The number of carbonyl (C=O) groups excluding carboxylic acids is 1. The molecule has 0 fully saturated rings. The normalized spacial score (nSPS) is 11.6. The fourth-order valence-electron chi connectivity index (χ4n) is 0.948. The van der Waals surface area contributed by atoms with Gasteiger partial charge in [-0.25, -0.2) is 0 Å². The Morgan fingerprint density at radius 2 is 2.21 bits per heavy atom. The number of primary amides is 1. The molecule has 1 rings (SSSR count). The van der Waals surface area contributed by atoms with Crippen molar-refractivity contribution in [2.75, 3.05) is 0 Å². The topological polar surface area (TPSA) is 60.9 Å². The van der Waals surface area contributed by atoms with Crippen molar-refractivity contribution in [1.82, 2.24) is 9.78 Å². The molecule has 1 aromatic heterocycles. The van der Waals surface area contributed by atoms with E-state index in [1.165, 1.54) is 6.07 Å². The van der Waals surface area contributed by atoms with Crippen LogP contribution in [0.15, 0.2) is 12.3 Å². The number of nitrogens with two attached hydrogens (primary N) is 1. The molecule has 1 amide bonds. The Morgan fingerprint density at radius 3 is 2.71 bits per heavy atom. The van der Waals surface area contributed by atoms with Gasteiger partial charge in [-0.2, -0.15) is 18.3 Å². The van der Waals surface area contributed by atoms with E-state index in [1.54, 1.807) is 0 Å². The van der Waals surface area contributed by atoms with Crippen molar-refractivity contribution in [1.29, 1.82) is 0 Å². The first-order valence-electron chi connectivity index (χ1n) is 3.74. The molecule has 1 heterocycles. The zero-order valence-corrected chi connectivity index (χ0v) is 7.08. The Kier molecular flexibility index (Phi) is 2.78. The highest BCUT2D eigenvalue weighted by Gasteiger charge is 2.28. The summed E-state index contributed by atoms with van der Waals surface area (Å²) in [5.74, 6) is -0.623. The van der Waals surface area contributed by atoms with E-state index >= 15 is 0 Å². The molecule has 78 valence electrons. The summed E-state index contributed by atoms with van der Waals surface area (Å²) in [6.45, 7) is -1.16. The van der Waals surface area contributed by atoms with Crippen LogP contribution in [0, 0.1) is 0 Å².